The summed E-state index contributed by atoms with van der Waals surface area (Å²) in [4.78, 5) is 17.3. The van der Waals surface area contributed by atoms with Crippen molar-refractivity contribution in [3.05, 3.63) is 64.2 Å². The normalized spacial score (nSPS) is 14.7. The predicted octanol–water partition coefficient (Wildman–Crippen LogP) is 5.06. The fourth-order valence-electron chi connectivity index (χ4n) is 4.61. The molecule has 16 heteroatoms. The highest BCUT2D eigenvalue weighted by Crippen LogP contribution is 2.38. The van der Waals surface area contributed by atoms with Crippen LogP contribution in [0, 0.1) is 15.9 Å². The van der Waals surface area contributed by atoms with Gasteiger partial charge in [-0.2, -0.15) is 18.3 Å². The van der Waals surface area contributed by atoms with Gasteiger partial charge in [-0.05, 0) is 37.1 Å². The first-order valence-corrected chi connectivity index (χ1v) is 13.0. The average molecular weight is 566 g/mol. The van der Waals surface area contributed by atoms with E-state index in [0.29, 0.717) is 23.2 Å². The molecule has 0 atom stereocenters. The van der Waals surface area contributed by atoms with E-state index in [2.05, 4.69) is 15.1 Å². The number of benzene rings is 2. The molecule has 2 aromatic heterocycles. The van der Waals surface area contributed by atoms with Gasteiger partial charge >= 0.3 is 6.18 Å². The lowest BCUT2D eigenvalue weighted by Crippen LogP contribution is -2.16. The van der Waals surface area contributed by atoms with Crippen LogP contribution in [0.1, 0.15) is 37.3 Å². The summed E-state index contributed by atoms with van der Waals surface area (Å²) in [7, 11) is -4.86. The topological polar surface area (TPSA) is 159 Å². The fraction of sp³-hybridized carbons (Fsp3) is 0.261. The fourth-order valence-corrected chi connectivity index (χ4v) is 5.83. The van der Waals surface area contributed by atoms with E-state index in [4.69, 9.17) is 5.73 Å². The number of hydrogen-bond donors (Lipinski definition) is 2. The van der Waals surface area contributed by atoms with Crippen LogP contribution in [0.5, 0.6) is 0 Å². The van der Waals surface area contributed by atoms with Crippen molar-refractivity contribution in [1.29, 1.82) is 0 Å². The molecule has 1 aliphatic rings. The standard InChI is InChI=1S/C23H19F4N7O4S/c24-15-9-12(20-19-21(28)29-11-30-22(19)33(31-20)14-3-1-2-4-14)5-7-16(15)32-39(37,38)18-8-6-13(23(25,26)27)10-17(18)34(35)36/h5-11,14,32H,1-4H2,(H2,28,29,30). The molecule has 204 valence electrons. The van der Waals surface area contributed by atoms with Crippen LogP contribution < -0.4 is 10.5 Å². The van der Waals surface area contributed by atoms with Crippen molar-refractivity contribution in [2.45, 2.75) is 42.8 Å². The molecule has 1 saturated carbocycles. The summed E-state index contributed by atoms with van der Waals surface area (Å²) in [6, 6.07) is 4.43. The van der Waals surface area contributed by atoms with E-state index >= 15 is 4.39 Å². The molecule has 0 saturated heterocycles. The lowest BCUT2D eigenvalue weighted by Gasteiger charge is -2.12. The largest absolute Gasteiger partial charge is 0.416 e. The van der Waals surface area contributed by atoms with Crippen LogP contribution in [0.4, 0.5) is 34.8 Å². The Kier molecular flexibility index (Phi) is 6.36. The first-order valence-electron chi connectivity index (χ1n) is 11.5. The van der Waals surface area contributed by atoms with Gasteiger partial charge in [0, 0.05) is 11.6 Å². The number of halogens is 4. The number of aromatic nitrogens is 4. The Balaban J connectivity index is 1.52. The van der Waals surface area contributed by atoms with Gasteiger partial charge in [0.15, 0.2) is 10.5 Å². The summed E-state index contributed by atoms with van der Waals surface area (Å²) >= 11 is 0. The van der Waals surface area contributed by atoms with Crippen molar-refractivity contribution in [2.75, 3.05) is 10.5 Å². The highest BCUT2D eigenvalue weighted by atomic mass is 32.2. The molecule has 0 unspecified atom stereocenters. The summed E-state index contributed by atoms with van der Waals surface area (Å²) in [5.41, 5.74) is 3.77. The monoisotopic (exact) mass is 565 g/mol. The average Bonchev–Trinajstić information content (AvgIpc) is 3.53. The number of nitro benzene ring substituents is 1. The molecule has 0 amide bonds. The number of alkyl halides is 3. The predicted molar refractivity (Wildman–Crippen MR) is 132 cm³/mol. The zero-order valence-electron chi connectivity index (χ0n) is 19.8. The van der Waals surface area contributed by atoms with Crippen molar-refractivity contribution in [1.82, 2.24) is 19.7 Å². The third kappa shape index (κ3) is 4.82. The van der Waals surface area contributed by atoms with Gasteiger partial charge in [0.25, 0.3) is 15.7 Å². The molecule has 0 radical (unpaired) electrons. The molecule has 2 aromatic carbocycles. The number of nitrogens with one attached hydrogen (secondary N) is 1. The van der Waals surface area contributed by atoms with E-state index in [1.807, 2.05) is 4.72 Å². The molecule has 11 nitrogen and oxygen atoms in total. The molecule has 4 aromatic rings. The van der Waals surface area contributed by atoms with Crippen LogP contribution in [0.15, 0.2) is 47.6 Å². The highest BCUT2D eigenvalue weighted by Gasteiger charge is 2.35. The maximum atomic E-state index is 15.2. The van der Waals surface area contributed by atoms with Crippen molar-refractivity contribution in [2.24, 2.45) is 0 Å². The van der Waals surface area contributed by atoms with Crippen LogP contribution in [-0.4, -0.2) is 33.1 Å². The minimum atomic E-state index is -4.94. The van der Waals surface area contributed by atoms with E-state index < -0.39 is 48.8 Å². The zero-order valence-corrected chi connectivity index (χ0v) is 20.6. The van der Waals surface area contributed by atoms with Crippen molar-refractivity contribution in [3.8, 4) is 11.3 Å². The second-order valence-corrected chi connectivity index (χ2v) is 10.6. The first kappa shape index (κ1) is 26.3. The smallest absolute Gasteiger partial charge is 0.383 e. The molecular formula is C23H19F4N7O4S. The third-order valence-electron chi connectivity index (χ3n) is 6.45. The maximum Gasteiger partial charge on any atom is 0.416 e. The molecule has 0 spiro atoms. The zero-order chi connectivity index (χ0) is 28.1. The molecule has 1 aliphatic carbocycles. The molecule has 5 rings (SSSR count). The SMILES string of the molecule is Nc1ncnc2c1c(-c1ccc(NS(=O)(=O)c3ccc(C(F)(F)F)cc3[N+](=O)[O-])c(F)c1)nn2C1CCCC1. The van der Waals surface area contributed by atoms with Crippen LogP contribution in [0.25, 0.3) is 22.3 Å². The molecule has 2 heterocycles. The summed E-state index contributed by atoms with van der Waals surface area (Å²) in [6.45, 7) is 0. The Morgan fingerprint density at radius 3 is 2.46 bits per heavy atom. The number of nitrogens with two attached hydrogens (primary N) is 1. The maximum absolute atomic E-state index is 15.2. The number of fused-ring (bicyclic) bond motifs is 1. The van der Waals surface area contributed by atoms with Gasteiger partial charge in [-0.25, -0.2) is 27.5 Å². The number of anilines is 2. The number of rotatable bonds is 6. The quantitative estimate of drug-likeness (QED) is 0.187. The first-order chi connectivity index (χ1) is 18.4. The lowest BCUT2D eigenvalue weighted by atomic mass is 10.1. The second kappa shape index (κ2) is 9.44. The number of nitrogen functional groups attached to an aromatic ring is 1. The highest BCUT2D eigenvalue weighted by molar-refractivity contribution is 7.92. The van der Waals surface area contributed by atoms with Gasteiger partial charge in [-0.3, -0.25) is 14.8 Å². The van der Waals surface area contributed by atoms with E-state index in [-0.39, 0.29) is 29.2 Å². The third-order valence-corrected chi connectivity index (χ3v) is 7.86. The van der Waals surface area contributed by atoms with Crippen LogP contribution in [0.2, 0.25) is 0 Å². The van der Waals surface area contributed by atoms with Crippen molar-refractivity contribution >= 4 is 38.2 Å². The van der Waals surface area contributed by atoms with Crippen molar-refractivity contribution < 1.29 is 30.9 Å². The molecular weight excluding hydrogens is 546 g/mol. The number of nitrogens with zero attached hydrogens (tertiary/aromatic N) is 5. The van der Waals surface area contributed by atoms with Gasteiger partial charge in [0.05, 0.1) is 27.6 Å². The number of hydrogen-bond acceptors (Lipinski definition) is 8. The summed E-state index contributed by atoms with van der Waals surface area (Å²) in [6.07, 6.45) is 0.154. The second-order valence-electron chi connectivity index (χ2n) is 8.93. The molecule has 0 bridgehead atoms. The van der Waals surface area contributed by atoms with Gasteiger partial charge in [0.2, 0.25) is 0 Å². The van der Waals surface area contributed by atoms with Gasteiger partial charge in [-0.1, -0.05) is 18.9 Å². The van der Waals surface area contributed by atoms with Crippen LogP contribution in [0.3, 0.4) is 0 Å². The van der Waals surface area contributed by atoms with Crippen molar-refractivity contribution in [3.63, 3.8) is 0 Å². The van der Waals surface area contributed by atoms with E-state index in [9.17, 15) is 31.7 Å². The lowest BCUT2D eigenvalue weighted by molar-refractivity contribution is -0.388. The molecule has 3 N–H and O–H groups in total. The van der Waals surface area contributed by atoms with Gasteiger partial charge in [0.1, 0.15) is 23.7 Å². The summed E-state index contributed by atoms with van der Waals surface area (Å²) < 4.78 is 83.4. The Bertz CT molecular complexity index is 1720. The van der Waals surface area contributed by atoms with E-state index in [1.54, 1.807) is 4.68 Å². The summed E-state index contributed by atoms with van der Waals surface area (Å²) in [5, 5.41) is 16.4. The Morgan fingerprint density at radius 1 is 1.10 bits per heavy atom. The Hall–Kier alpha value is -4.34. The molecule has 39 heavy (non-hydrogen) atoms. The van der Waals surface area contributed by atoms with E-state index in [0.717, 1.165) is 37.8 Å². The Morgan fingerprint density at radius 2 is 1.82 bits per heavy atom. The Labute approximate surface area is 217 Å². The van der Waals surface area contributed by atoms with Gasteiger partial charge in [-0.15, -0.1) is 0 Å². The van der Waals surface area contributed by atoms with Crippen LogP contribution >= 0.6 is 0 Å². The minimum absolute atomic E-state index is 0.0750. The number of nitro groups is 1. The van der Waals surface area contributed by atoms with E-state index in [1.165, 1.54) is 12.4 Å². The minimum Gasteiger partial charge on any atom is -0.383 e. The number of sulfonamides is 1. The van der Waals surface area contributed by atoms with Gasteiger partial charge < -0.3 is 5.73 Å². The summed E-state index contributed by atoms with van der Waals surface area (Å²) in [5.74, 6) is -0.941. The molecule has 0 aliphatic heterocycles. The van der Waals surface area contributed by atoms with Crippen LogP contribution in [-0.2, 0) is 16.2 Å². The molecule has 1 fully saturated rings.